The largest absolute Gasteiger partial charge is 0.489 e. The molecule has 1 atom stereocenters. The molecule has 0 spiro atoms. The lowest BCUT2D eigenvalue weighted by Crippen LogP contribution is -2.42. The van der Waals surface area contributed by atoms with E-state index in [9.17, 15) is 0 Å². The molecule has 0 amide bonds. The van der Waals surface area contributed by atoms with Gasteiger partial charge in [0.25, 0.3) is 0 Å². The van der Waals surface area contributed by atoms with Crippen LogP contribution in [0.25, 0.3) is 0 Å². The molecule has 7 heteroatoms. The van der Waals surface area contributed by atoms with Crippen LogP contribution in [0.2, 0.25) is 5.02 Å². The molecule has 1 heterocycles. The molecule has 1 fully saturated rings. The number of hydrogen-bond donors (Lipinski definition) is 2. The molecule has 1 unspecified atom stereocenters. The van der Waals surface area contributed by atoms with Crippen molar-refractivity contribution in [2.24, 2.45) is 4.99 Å². The highest BCUT2D eigenvalue weighted by Gasteiger charge is 2.10. The van der Waals surface area contributed by atoms with Gasteiger partial charge in [0, 0.05) is 18.6 Å². The minimum absolute atomic E-state index is 0. The van der Waals surface area contributed by atoms with E-state index in [2.05, 4.69) is 20.5 Å². The number of rotatable bonds is 9. The molecule has 148 valence electrons. The van der Waals surface area contributed by atoms with E-state index in [1.54, 1.807) is 7.05 Å². The molecular weight excluding hydrogens is 463 g/mol. The summed E-state index contributed by atoms with van der Waals surface area (Å²) in [5.74, 6) is 1.65. The van der Waals surface area contributed by atoms with E-state index in [0.717, 1.165) is 24.7 Å². The normalized spacial score (nSPS) is 16.0. The maximum atomic E-state index is 5.88. The molecular formula is C19H32ClIN4O. The highest BCUT2D eigenvalue weighted by atomic mass is 127. The van der Waals surface area contributed by atoms with Gasteiger partial charge in [-0.05, 0) is 76.5 Å². The molecule has 1 aliphatic heterocycles. The van der Waals surface area contributed by atoms with Crippen LogP contribution in [0.4, 0.5) is 0 Å². The second-order valence-electron chi connectivity index (χ2n) is 6.52. The molecule has 2 N–H and O–H groups in total. The molecule has 0 aromatic heterocycles. The van der Waals surface area contributed by atoms with Crippen molar-refractivity contribution in [2.75, 3.05) is 39.8 Å². The minimum Gasteiger partial charge on any atom is -0.489 e. The van der Waals surface area contributed by atoms with Crippen LogP contribution in [0.5, 0.6) is 5.75 Å². The van der Waals surface area contributed by atoms with E-state index in [4.69, 9.17) is 16.3 Å². The number of nitrogens with one attached hydrogen (secondary N) is 2. The number of benzene rings is 1. The molecule has 1 aromatic carbocycles. The number of halogens is 2. The molecule has 0 radical (unpaired) electrons. The maximum Gasteiger partial charge on any atom is 0.191 e. The Hall–Kier alpha value is -0.730. The molecule has 0 aliphatic carbocycles. The Morgan fingerprint density at radius 2 is 1.88 bits per heavy atom. The highest BCUT2D eigenvalue weighted by Crippen LogP contribution is 2.16. The van der Waals surface area contributed by atoms with Crippen LogP contribution in [0.15, 0.2) is 29.3 Å². The van der Waals surface area contributed by atoms with Gasteiger partial charge in [0.1, 0.15) is 11.9 Å². The molecule has 1 aromatic rings. The van der Waals surface area contributed by atoms with E-state index >= 15 is 0 Å². The summed E-state index contributed by atoms with van der Waals surface area (Å²) in [5, 5.41) is 7.39. The van der Waals surface area contributed by atoms with Crippen molar-refractivity contribution in [1.82, 2.24) is 15.5 Å². The standard InChI is InChI=1S/C19H31ClN4O.HI/c1-16(25-18-9-7-17(20)8-10-18)15-23-19(21-2)22-11-3-4-12-24-13-5-6-14-24;/h7-10,16H,3-6,11-15H2,1-2H3,(H2,21,22,23);1H. The molecule has 5 nitrogen and oxygen atoms in total. The van der Waals surface area contributed by atoms with Gasteiger partial charge in [0.05, 0.1) is 6.54 Å². The van der Waals surface area contributed by atoms with Crippen LogP contribution in [0.3, 0.4) is 0 Å². The van der Waals surface area contributed by atoms with Crippen molar-refractivity contribution in [2.45, 2.75) is 38.7 Å². The van der Waals surface area contributed by atoms with E-state index in [-0.39, 0.29) is 30.1 Å². The first kappa shape index (κ1) is 23.3. The fraction of sp³-hybridized carbons (Fsp3) is 0.632. The zero-order valence-corrected chi connectivity index (χ0v) is 18.9. The number of nitrogens with zero attached hydrogens (tertiary/aromatic N) is 2. The van der Waals surface area contributed by atoms with E-state index in [1.807, 2.05) is 31.2 Å². The SMILES string of the molecule is CN=C(NCCCCN1CCCC1)NCC(C)Oc1ccc(Cl)cc1.I. The van der Waals surface area contributed by atoms with Crippen LogP contribution >= 0.6 is 35.6 Å². The zero-order valence-electron chi connectivity index (χ0n) is 15.8. The Kier molecular flexibility index (Phi) is 12.0. The summed E-state index contributed by atoms with van der Waals surface area (Å²) >= 11 is 5.88. The van der Waals surface area contributed by atoms with Crippen LogP contribution in [0.1, 0.15) is 32.6 Å². The summed E-state index contributed by atoms with van der Waals surface area (Å²) in [5.41, 5.74) is 0. The molecule has 26 heavy (non-hydrogen) atoms. The minimum atomic E-state index is 0. The van der Waals surface area contributed by atoms with Gasteiger partial charge in [0.15, 0.2) is 5.96 Å². The molecule has 0 saturated carbocycles. The van der Waals surface area contributed by atoms with Gasteiger partial charge in [-0.25, -0.2) is 0 Å². The number of likely N-dealkylation sites (tertiary alicyclic amines) is 1. The first-order valence-electron chi connectivity index (χ1n) is 9.26. The van der Waals surface area contributed by atoms with Crippen LogP contribution in [-0.4, -0.2) is 56.7 Å². The average molecular weight is 495 g/mol. The van der Waals surface area contributed by atoms with Crippen molar-refractivity contribution in [3.05, 3.63) is 29.3 Å². The number of aliphatic imine (C=N–C) groups is 1. The van der Waals surface area contributed by atoms with Gasteiger partial charge >= 0.3 is 0 Å². The van der Waals surface area contributed by atoms with Crippen LogP contribution in [0, 0.1) is 0 Å². The van der Waals surface area contributed by atoms with Crippen LogP contribution < -0.4 is 15.4 Å². The fourth-order valence-corrected chi connectivity index (χ4v) is 3.05. The van der Waals surface area contributed by atoms with Crippen molar-refractivity contribution < 1.29 is 4.74 Å². The third-order valence-electron chi connectivity index (χ3n) is 4.32. The van der Waals surface area contributed by atoms with Gasteiger partial charge in [-0.2, -0.15) is 0 Å². The van der Waals surface area contributed by atoms with Crippen LogP contribution in [-0.2, 0) is 0 Å². The summed E-state index contributed by atoms with van der Waals surface area (Å²) in [7, 11) is 1.80. The van der Waals surface area contributed by atoms with Crippen molar-refractivity contribution in [3.8, 4) is 5.75 Å². The predicted molar refractivity (Wildman–Crippen MR) is 121 cm³/mol. The van der Waals surface area contributed by atoms with Gasteiger partial charge in [-0.15, -0.1) is 24.0 Å². The average Bonchev–Trinajstić information content (AvgIpc) is 3.13. The lowest BCUT2D eigenvalue weighted by Gasteiger charge is -2.18. The molecule has 0 bridgehead atoms. The first-order valence-corrected chi connectivity index (χ1v) is 9.64. The summed E-state index contributed by atoms with van der Waals surface area (Å²) in [4.78, 5) is 6.82. The quantitative estimate of drug-likeness (QED) is 0.237. The Morgan fingerprint density at radius 3 is 2.54 bits per heavy atom. The lowest BCUT2D eigenvalue weighted by molar-refractivity contribution is 0.224. The Bertz CT molecular complexity index is 521. The zero-order chi connectivity index (χ0) is 17.9. The third kappa shape index (κ3) is 9.28. The van der Waals surface area contributed by atoms with Gasteiger partial charge < -0.3 is 20.3 Å². The predicted octanol–water partition coefficient (Wildman–Crippen LogP) is 3.77. The Labute approximate surface area is 179 Å². The summed E-state index contributed by atoms with van der Waals surface area (Å²) in [6.45, 7) is 7.45. The lowest BCUT2D eigenvalue weighted by atomic mass is 10.3. The topological polar surface area (TPSA) is 48.9 Å². The number of unbranched alkanes of at least 4 members (excludes halogenated alkanes) is 1. The smallest absolute Gasteiger partial charge is 0.191 e. The van der Waals surface area contributed by atoms with Crippen molar-refractivity contribution >= 4 is 41.5 Å². The van der Waals surface area contributed by atoms with Gasteiger partial charge in [-0.1, -0.05) is 11.6 Å². The number of guanidine groups is 1. The first-order chi connectivity index (χ1) is 12.2. The number of ether oxygens (including phenoxy) is 1. The van der Waals surface area contributed by atoms with E-state index in [0.29, 0.717) is 11.6 Å². The second-order valence-corrected chi connectivity index (χ2v) is 6.95. The third-order valence-corrected chi connectivity index (χ3v) is 4.58. The molecule has 2 rings (SSSR count). The van der Waals surface area contributed by atoms with E-state index in [1.165, 1.54) is 38.9 Å². The highest BCUT2D eigenvalue weighted by molar-refractivity contribution is 14.0. The van der Waals surface area contributed by atoms with Gasteiger partial charge in [-0.3, -0.25) is 4.99 Å². The van der Waals surface area contributed by atoms with Gasteiger partial charge in [0.2, 0.25) is 0 Å². The summed E-state index contributed by atoms with van der Waals surface area (Å²) in [6.07, 6.45) is 5.17. The number of hydrogen-bond acceptors (Lipinski definition) is 3. The monoisotopic (exact) mass is 494 g/mol. The van der Waals surface area contributed by atoms with Crippen molar-refractivity contribution in [3.63, 3.8) is 0 Å². The molecule has 1 saturated heterocycles. The molecule has 1 aliphatic rings. The van der Waals surface area contributed by atoms with E-state index < -0.39 is 0 Å². The summed E-state index contributed by atoms with van der Waals surface area (Å²) < 4.78 is 5.85. The maximum absolute atomic E-state index is 5.88. The van der Waals surface area contributed by atoms with Crippen molar-refractivity contribution in [1.29, 1.82) is 0 Å². The fourth-order valence-electron chi connectivity index (χ4n) is 2.92. The summed E-state index contributed by atoms with van der Waals surface area (Å²) in [6, 6.07) is 7.43. The second kappa shape index (κ2) is 13.4. The Balaban J connectivity index is 0.00000338. The Morgan fingerprint density at radius 1 is 1.19 bits per heavy atom.